The highest BCUT2D eigenvalue weighted by Crippen LogP contribution is 2.33. The number of carbonyl (C=O) groups is 1. The minimum Gasteiger partial charge on any atom is -0.494 e. The molecule has 0 aliphatic carbocycles. The molecule has 142 valence electrons. The Kier molecular flexibility index (Phi) is 5.90. The zero-order chi connectivity index (χ0) is 19.2. The van der Waals surface area contributed by atoms with Gasteiger partial charge in [0.2, 0.25) is 0 Å². The molecule has 27 heavy (non-hydrogen) atoms. The van der Waals surface area contributed by atoms with E-state index in [0.717, 1.165) is 24.2 Å². The highest BCUT2D eigenvalue weighted by Gasteiger charge is 2.30. The second-order valence-electron chi connectivity index (χ2n) is 6.29. The first-order valence-electron chi connectivity index (χ1n) is 8.98. The molecule has 3 rings (SSSR count). The molecule has 0 unspecified atom stereocenters. The monoisotopic (exact) mass is 370 g/mol. The molecule has 1 aliphatic rings. The SMILES string of the molecule is CCOc1ccc([C@H]2CCCN2C(=O)COc2ccc([N+](=O)[O-])cc2)cc1. The van der Waals surface area contributed by atoms with Crippen LogP contribution in [0.15, 0.2) is 48.5 Å². The molecule has 1 amide bonds. The summed E-state index contributed by atoms with van der Waals surface area (Å²) in [7, 11) is 0. The molecule has 7 nitrogen and oxygen atoms in total. The standard InChI is InChI=1S/C20H22N2O5/c1-2-26-17-9-5-15(6-10-17)19-4-3-13-21(19)20(23)14-27-18-11-7-16(8-12-18)22(24)25/h5-12,19H,2-4,13-14H2,1H3/t19-/m1/s1. The summed E-state index contributed by atoms with van der Waals surface area (Å²) in [6.45, 7) is 3.16. The van der Waals surface area contributed by atoms with E-state index in [1.165, 1.54) is 24.3 Å². The van der Waals surface area contributed by atoms with Gasteiger partial charge in [-0.2, -0.15) is 0 Å². The third-order valence-electron chi connectivity index (χ3n) is 4.56. The summed E-state index contributed by atoms with van der Waals surface area (Å²) < 4.78 is 11.0. The van der Waals surface area contributed by atoms with Crippen molar-refractivity contribution in [2.24, 2.45) is 0 Å². The highest BCUT2D eigenvalue weighted by molar-refractivity contribution is 5.78. The van der Waals surface area contributed by atoms with Gasteiger partial charge in [-0.3, -0.25) is 14.9 Å². The molecule has 0 aromatic heterocycles. The Morgan fingerprint density at radius 1 is 1.11 bits per heavy atom. The van der Waals surface area contributed by atoms with Gasteiger partial charge in [-0.25, -0.2) is 0 Å². The normalized spacial score (nSPS) is 16.2. The molecule has 7 heteroatoms. The summed E-state index contributed by atoms with van der Waals surface area (Å²) in [5.74, 6) is 1.16. The fourth-order valence-corrected chi connectivity index (χ4v) is 3.26. The molecule has 0 saturated carbocycles. The van der Waals surface area contributed by atoms with E-state index in [9.17, 15) is 14.9 Å². The second-order valence-corrected chi connectivity index (χ2v) is 6.29. The number of hydrogen-bond acceptors (Lipinski definition) is 5. The van der Waals surface area contributed by atoms with Crippen LogP contribution in [0.4, 0.5) is 5.69 Å². The summed E-state index contributed by atoms with van der Waals surface area (Å²) in [6, 6.07) is 13.6. The Balaban J connectivity index is 1.60. The van der Waals surface area contributed by atoms with Gasteiger partial charge in [0.15, 0.2) is 6.61 Å². The third kappa shape index (κ3) is 4.55. The number of carbonyl (C=O) groups excluding carboxylic acids is 1. The summed E-state index contributed by atoms with van der Waals surface area (Å²) in [5, 5.41) is 10.7. The van der Waals surface area contributed by atoms with Crippen LogP contribution in [0.25, 0.3) is 0 Å². The van der Waals surface area contributed by atoms with Crippen molar-refractivity contribution in [3.8, 4) is 11.5 Å². The van der Waals surface area contributed by atoms with Gasteiger partial charge in [0.05, 0.1) is 17.6 Å². The van der Waals surface area contributed by atoms with Crippen LogP contribution in [0.3, 0.4) is 0 Å². The first kappa shape index (κ1) is 18.7. The van der Waals surface area contributed by atoms with Crippen molar-refractivity contribution >= 4 is 11.6 Å². The number of ether oxygens (including phenoxy) is 2. The maximum atomic E-state index is 12.6. The number of non-ortho nitro benzene ring substituents is 1. The summed E-state index contributed by atoms with van der Waals surface area (Å²) in [4.78, 5) is 24.7. The van der Waals surface area contributed by atoms with Crippen LogP contribution in [-0.4, -0.2) is 35.5 Å². The topological polar surface area (TPSA) is 81.9 Å². The average Bonchev–Trinajstić information content (AvgIpc) is 3.17. The molecular weight excluding hydrogens is 348 g/mol. The van der Waals surface area contributed by atoms with E-state index in [4.69, 9.17) is 9.47 Å². The smallest absolute Gasteiger partial charge is 0.269 e. The summed E-state index contributed by atoms with van der Waals surface area (Å²) in [6.07, 6.45) is 1.86. The molecule has 1 saturated heterocycles. The zero-order valence-electron chi connectivity index (χ0n) is 15.2. The number of rotatable bonds is 7. The Bertz CT molecular complexity index is 789. The van der Waals surface area contributed by atoms with E-state index < -0.39 is 4.92 Å². The van der Waals surface area contributed by atoms with Crippen molar-refractivity contribution in [2.75, 3.05) is 19.8 Å². The maximum Gasteiger partial charge on any atom is 0.269 e. The van der Waals surface area contributed by atoms with Crippen LogP contribution in [0.5, 0.6) is 11.5 Å². The van der Waals surface area contributed by atoms with Crippen LogP contribution in [-0.2, 0) is 4.79 Å². The number of nitrogens with zero attached hydrogens (tertiary/aromatic N) is 2. The number of amides is 1. The zero-order valence-corrected chi connectivity index (χ0v) is 15.2. The van der Waals surface area contributed by atoms with Gasteiger partial charge < -0.3 is 14.4 Å². The van der Waals surface area contributed by atoms with E-state index in [0.29, 0.717) is 18.9 Å². The Morgan fingerprint density at radius 3 is 2.37 bits per heavy atom. The van der Waals surface area contributed by atoms with E-state index in [-0.39, 0.29) is 24.2 Å². The predicted molar refractivity (Wildman–Crippen MR) is 99.9 cm³/mol. The Labute approximate surface area is 157 Å². The fraction of sp³-hybridized carbons (Fsp3) is 0.350. The number of nitro benzene ring substituents is 1. The van der Waals surface area contributed by atoms with E-state index >= 15 is 0 Å². The fourth-order valence-electron chi connectivity index (χ4n) is 3.26. The number of likely N-dealkylation sites (tertiary alicyclic amines) is 1. The van der Waals surface area contributed by atoms with Crippen molar-refractivity contribution < 1.29 is 19.2 Å². The molecule has 2 aromatic carbocycles. The van der Waals surface area contributed by atoms with Crippen LogP contribution in [0, 0.1) is 10.1 Å². The maximum absolute atomic E-state index is 12.6. The summed E-state index contributed by atoms with van der Waals surface area (Å²) >= 11 is 0. The molecule has 2 aromatic rings. The lowest BCUT2D eigenvalue weighted by Gasteiger charge is -2.25. The average molecular weight is 370 g/mol. The van der Waals surface area contributed by atoms with Crippen LogP contribution >= 0.6 is 0 Å². The molecular formula is C20H22N2O5. The molecule has 1 aliphatic heterocycles. The van der Waals surface area contributed by atoms with E-state index in [1.54, 1.807) is 0 Å². The van der Waals surface area contributed by atoms with Gasteiger partial charge in [-0.15, -0.1) is 0 Å². The Morgan fingerprint density at radius 2 is 1.74 bits per heavy atom. The van der Waals surface area contributed by atoms with Gasteiger partial charge in [0, 0.05) is 18.7 Å². The molecule has 0 N–H and O–H groups in total. The number of hydrogen-bond donors (Lipinski definition) is 0. The minimum atomic E-state index is -0.472. The first-order chi connectivity index (χ1) is 13.1. The second kappa shape index (κ2) is 8.53. The molecule has 0 bridgehead atoms. The quantitative estimate of drug-likeness (QED) is 0.548. The molecule has 1 fully saturated rings. The lowest BCUT2D eigenvalue weighted by atomic mass is 10.0. The number of benzene rings is 2. The van der Waals surface area contributed by atoms with Crippen molar-refractivity contribution in [1.29, 1.82) is 0 Å². The van der Waals surface area contributed by atoms with Crippen LogP contribution in [0.2, 0.25) is 0 Å². The molecule has 1 atom stereocenters. The van der Waals surface area contributed by atoms with E-state index in [1.807, 2.05) is 36.1 Å². The molecule has 0 radical (unpaired) electrons. The van der Waals surface area contributed by atoms with Crippen molar-refractivity contribution in [2.45, 2.75) is 25.8 Å². The van der Waals surface area contributed by atoms with Crippen LogP contribution in [0.1, 0.15) is 31.4 Å². The van der Waals surface area contributed by atoms with E-state index in [2.05, 4.69) is 0 Å². The first-order valence-corrected chi connectivity index (χ1v) is 8.98. The Hall–Kier alpha value is -3.09. The summed E-state index contributed by atoms with van der Waals surface area (Å²) in [5.41, 5.74) is 1.07. The van der Waals surface area contributed by atoms with Crippen molar-refractivity contribution in [3.63, 3.8) is 0 Å². The predicted octanol–water partition coefficient (Wildman–Crippen LogP) is 3.74. The number of nitro groups is 1. The van der Waals surface area contributed by atoms with Crippen molar-refractivity contribution in [3.05, 3.63) is 64.2 Å². The van der Waals surface area contributed by atoms with Gasteiger partial charge >= 0.3 is 0 Å². The van der Waals surface area contributed by atoms with Gasteiger partial charge in [-0.05, 0) is 49.6 Å². The molecule has 0 spiro atoms. The van der Waals surface area contributed by atoms with Crippen molar-refractivity contribution in [1.82, 2.24) is 4.90 Å². The highest BCUT2D eigenvalue weighted by atomic mass is 16.6. The van der Waals surface area contributed by atoms with Crippen LogP contribution < -0.4 is 9.47 Å². The third-order valence-corrected chi connectivity index (χ3v) is 4.56. The van der Waals surface area contributed by atoms with Gasteiger partial charge in [0.25, 0.3) is 11.6 Å². The largest absolute Gasteiger partial charge is 0.494 e. The lowest BCUT2D eigenvalue weighted by molar-refractivity contribution is -0.384. The van der Waals surface area contributed by atoms with Gasteiger partial charge in [-0.1, -0.05) is 12.1 Å². The minimum absolute atomic E-state index is 0.0104. The van der Waals surface area contributed by atoms with Gasteiger partial charge in [0.1, 0.15) is 11.5 Å². The molecule has 1 heterocycles. The lowest BCUT2D eigenvalue weighted by Crippen LogP contribution is -2.34.